The van der Waals surface area contributed by atoms with Gasteiger partial charge in [-0.05, 0) is 18.1 Å². The highest BCUT2D eigenvalue weighted by molar-refractivity contribution is 9.10. The van der Waals surface area contributed by atoms with Gasteiger partial charge in [0, 0.05) is 20.7 Å². The van der Waals surface area contributed by atoms with Crippen LogP contribution in [0.2, 0.25) is 0 Å². The summed E-state index contributed by atoms with van der Waals surface area (Å²) in [6.07, 6.45) is 0.673. The maximum atomic E-state index is 11.1. The van der Waals surface area contributed by atoms with Crippen molar-refractivity contribution in [2.24, 2.45) is 0 Å². The quantitative estimate of drug-likeness (QED) is 0.854. The van der Waals surface area contributed by atoms with Gasteiger partial charge >= 0.3 is 0 Å². The van der Waals surface area contributed by atoms with Crippen LogP contribution in [-0.2, 0) is 21.2 Å². The normalized spacial score (nSPS) is 11.5. The number of phenolic OH excluding ortho intramolecular Hbond substituents is 1. The van der Waals surface area contributed by atoms with Gasteiger partial charge in [-0.1, -0.05) is 22.9 Å². The average molecular weight is 344 g/mol. The summed E-state index contributed by atoms with van der Waals surface area (Å²) in [7, 11) is 2.86. The number of aromatic hydroxyl groups is 1. The van der Waals surface area contributed by atoms with E-state index in [2.05, 4.69) is 15.9 Å². The molecular formula is C10H12BrClO4S. The first-order chi connectivity index (χ1) is 7.80. The fourth-order valence-corrected chi connectivity index (χ4v) is 3.32. The summed E-state index contributed by atoms with van der Waals surface area (Å²) in [6, 6.07) is 1.66. The highest BCUT2D eigenvalue weighted by atomic mass is 79.9. The molecule has 7 heteroatoms. The summed E-state index contributed by atoms with van der Waals surface area (Å²) in [5.74, 6) is -0.424. The van der Waals surface area contributed by atoms with E-state index < -0.39 is 14.8 Å². The molecule has 1 aromatic rings. The molecule has 0 aliphatic rings. The summed E-state index contributed by atoms with van der Waals surface area (Å²) in [6.45, 7) is 1.91. The molecule has 17 heavy (non-hydrogen) atoms. The van der Waals surface area contributed by atoms with Crippen LogP contribution >= 0.6 is 26.6 Å². The van der Waals surface area contributed by atoms with E-state index in [-0.39, 0.29) is 17.1 Å². The minimum absolute atomic E-state index is 0.208. The number of hydrogen-bond donors (Lipinski definition) is 1. The first-order valence-electron chi connectivity index (χ1n) is 4.79. The Morgan fingerprint density at radius 1 is 1.53 bits per heavy atom. The molecule has 0 unspecified atom stereocenters. The van der Waals surface area contributed by atoms with E-state index in [1.165, 1.54) is 7.11 Å². The number of hydrogen-bond acceptors (Lipinski definition) is 4. The van der Waals surface area contributed by atoms with Crippen molar-refractivity contribution in [3.05, 3.63) is 21.7 Å². The van der Waals surface area contributed by atoms with Gasteiger partial charge in [-0.15, -0.1) is 0 Å². The molecular weight excluding hydrogens is 332 g/mol. The summed E-state index contributed by atoms with van der Waals surface area (Å²) in [5, 5.41) is 9.87. The smallest absolute Gasteiger partial charge is 0.236 e. The second-order valence-corrected chi connectivity index (χ2v) is 6.99. The van der Waals surface area contributed by atoms with Crippen molar-refractivity contribution in [1.82, 2.24) is 0 Å². The van der Waals surface area contributed by atoms with Gasteiger partial charge in [-0.3, -0.25) is 0 Å². The van der Waals surface area contributed by atoms with Crippen molar-refractivity contribution < 1.29 is 18.3 Å². The van der Waals surface area contributed by atoms with Crippen LogP contribution in [0.4, 0.5) is 0 Å². The third kappa shape index (κ3) is 3.50. The number of aryl methyl sites for hydroxylation is 1. The molecule has 0 bridgehead atoms. The third-order valence-electron chi connectivity index (χ3n) is 2.29. The van der Waals surface area contributed by atoms with Crippen molar-refractivity contribution in [3.63, 3.8) is 0 Å². The van der Waals surface area contributed by atoms with Crippen LogP contribution in [0.1, 0.15) is 18.1 Å². The van der Waals surface area contributed by atoms with E-state index in [1.54, 1.807) is 6.07 Å². The minimum Gasteiger partial charge on any atom is -0.504 e. The molecule has 4 nitrogen and oxygen atoms in total. The van der Waals surface area contributed by atoms with E-state index in [9.17, 15) is 13.5 Å². The molecule has 0 fully saturated rings. The topological polar surface area (TPSA) is 63.6 Å². The first-order valence-corrected chi connectivity index (χ1v) is 8.06. The molecule has 1 rings (SSSR count). The van der Waals surface area contributed by atoms with Gasteiger partial charge in [0.2, 0.25) is 9.05 Å². The van der Waals surface area contributed by atoms with Gasteiger partial charge in [-0.25, -0.2) is 8.42 Å². The molecule has 1 N–H and O–H groups in total. The van der Waals surface area contributed by atoms with E-state index in [1.807, 2.05) is 6.92 Å². The lowest BCUT2D eigenvalue weighted by molar-refractivity contribution is 0.370. The lowest BCUT2D eigenvalue weighted by Crippen LogP contribution is -2.01. The fraction of sp³-hybridized carbons (Fsp3) is 0.400. The molecule has 0 aliphatic heterocycles. The average Bonchev–Trinajstić information content (AvgIpc) is 2.23. The van der Waals surface area contributed by atoms with E-state index >= 15 is 0 Å². The van der Waals surface area contributed by atoms with Crippen molar-refractivity contribution >= 4 is 35.7 Å². The van der Waals surface area contributed by atoms with Crippen molar-refractivity contribution in [2.45, 2.75) is 19.1 Å². The van der Waals surface area contributed by atoms with E-state index in [0.717, 1.165) is 5.56 Å². The van der Waals surface area contributed by atoms with Crippen LogP contribution in [0.5, 0.6) is 11.5 Å². The van der Waals surface area contributed by atoms with Gasteiger partial charge < -0.3 is 9.84 Å². The minimum atomic E-state index is -3.75. The lowest BCUT2D eigenvalue weighted by Gasteiger charge is -2.13. The molecule has 96 valence electrons. The molecule has 0 spiro atoms. The molecule has 0 aliphatic carbocycles. The Morgan fingerprint density at radius 3 is 2.53 bits per heavy atom. The molecule has 0 amide bonds. The maximum absolute atomic E-state index is 11.1. The first kappa shape index (κ1) is 14.6. The van der Waals surface area contributed by atoms with Gasteiger partial charge in [0.15, 0.2) is 11.5 Å². The lowest BCUT2D eigenvalue weighted by atomic mass is 10.1. The Hall–Kier alpha value is -0.460. The van der Waals surface area contributed by atoms with Gasteiger partial charge in [0.1, 0.15) is 0 Å². The summed E-state index contributed by atoms with van der Waals surface area (Å²) in [4.78, 5) is 0. The molecule has 1 aromatic carbocycles. The number of rotatable bonds is 4. The Balaban J connectivity index is 3.45. The second-order valence-electron chi connectivity index (χ2n) is 3.42. The zero-order valence-corrected chi connectivity index (χ0v) is 12.5. The molecule has 0 radical (unpaired) electrons. The van der Waals surface area contributed by atoms with Crippen LogP contribution in [0.15, 0.2) is 10.5 Å². The van der Waals surface area contributed by atoms with Crippen LogP contribution < -0.4 is 4.74 Å². The SMILES string of the molecule is CCc1cc(OC)c(O)c(CS(=O)(=O)Cl)c1Br. The van der Waals surface area contributed by atoms with E-state index in [4.69, 9.17) is 15.4 Å². The summed E-state index contributed by atoms with van der Waals surface area (Å²) < 4.78 is 27.7. The van der Waals surface area contributed by atoms with Crippen molar-refractivity contribution in [2.75, 3.05) is 7.11 Å². The highest BCUT2D eigenvalue weighted by Crippen LogP contribution is 2.39. The standard InChI is InChI=1S/C10H12BrClO4S/c1-3-6-4-8(16-2)10(13)7(9(6)11)5-17(12,14)15/h4,13H,3,5H2,1-2H3. The summed E-state index contributed by atoms with van der Waals surface area (Å²) >= 11 is 3.27. The zero-order valence-electron chi connectivity index (χ0n) is 9.33. The van der Waals surface area contributed by atoms with Crippen LogP contribution in [0.25, 0.3) is 0 Å². The Bertz CT molecular complexity index is 499. The maximum Gasteiger partial charge on any atom is 0.236 e. The Morgan fingerprint density at radius 2 is 2.12 bits per heavy atom. The number of ether oxygens (including phenoxy) is 1. The zero-order chi connectivity index (χ0) is 13.2. The number of methoxy groups -OCH3 is 1. The molecule has 0 saturated heterocycles. The Labute approximate surface area is 113 Å². The summed E-state index contributed by atoms with van der Waals surface area (Å²) in [5.41, 5.74) is 1.06. The van der Waals surface area contributed by atoms with Gasteiger partial charge in [0.25, 0.3) is 0 Å². The predicted molar refractivity (Wildman–Crippen MR) is 70.2 cm³/mol. The monoisotopic (exact) mass is 342 g/mol. The second kappa shape index (κ2) is 5.46. The number of benzene rings is 1. The van der Waals surface area contributed by atoms with Crippen molar-refractivity contribution in [1.29, 1.82) is 0 Å². The fourth-order valence-electron chi connectivity index (χ4n) is 1.45. The molecule has 0 atom stereocenters. The van der Waals surface area contributed by atoms with Crippen molar-refractivity contribution in [3.8, 4) is 11.5 Å². The van der Waals surface area contributed by atoms with Crippen LogP contribution in [0.3, 0.4) is 0 Å². The number of phenols is 1. The number of halogens is 2. The molecule has 0 saturated carbocycles. The van der Waals surface area contributed by atoms with Crippen LogP contribution in [0, 0.1) is 0 Å². The van der Waals surface area contributed by atoms with Gasteiger partial charge in [-0.2, -0.15) is 0 Å². The van der Waals surface area contributed by atoms with Crippen LogP contribution in [-0.4, -0.2) is 20.6 Å². The highest BCUT2D eigenvalue weighted by Gasteiger charge is 2.20. The third-order valence-corrected chi connectivity index (χ3v) is 4.24. The van der Waals surface area contributed by atoms with E-state index in [0.29, 0.717) is 10.9 Å². The Kier molecular flexibility index (Phi) is 4.69. The van der Waals surface area contributed by atoms with Gasteiger partial charge in [0.05, 0.1) is 12.9 Å². The predicted octanol–water partition coefficient (Wildman–Crippen LogP) is 2.79. The molecule has 0 aromatic heterocycles. The molecule has 0 heterocycles. The largest absolute Gasteiger partial charge is 0.504 e.